The smallest absolute Gasteiger partial charge is 0.266 e. The van der Waals surface area contributed by atoms with Gasteiger partial charge in [-0.3, -0.25) is 9.36 Å². The molecule has 0 saturated carbocycles. The Labute approximate surface area is 135 Å². The normalized spacial score (nSPS) is 12.5. The second-order valence-corrected chi connectivity index (χ2v) is 5.72. The van der Waals surface area contributed by atoms with E-state index in [9.17, 15) is 4.79 Å². The third-order valence-electron chi connectivity index (χ3n) is 4.13. The lowest BCUT2D eigenvalue weighted by molar-refractivity contribution is 0.529. The summed E-state index contributed by atoms with van der Waals surface area (Å²) in [6, 6.07) is 15.5. The molecule has 118 valence electrons. The van der Waals surface area contributed by atoms with Crippen molar-refractivity contribution in [1.82, 2.24) is 14.9 Å². The number of hydrogen-bond acceptors (Lipinski definition) is 3. The van der Waals surface area contributed by atoms with Crippen molar-refractivity contribution in [2.45, 2.75) is 26.3 Å². The molecule has 23 heavy (non-hydrogen) atoms. The van der Waals surface area contributed by atoms with Gasteiger partial charge in [0.15, 0.2) is 0 Å². The molecule has 0 aliphatic carbocycles. The molecule has 0 spiro atoms. The quantitative estimate of drug-likeness (QED) is 0.804. The van der Waals surface area contributed by atoms with Crippen LogP contribution in [0.2, 0.25) is 0 Å². The number of para-hydroxylation sites is 1. The minimum Gasteiger partial charge on any atom is -0.310 e. The highest BCUT2D eigenvalue weighted by Crippen LogP contribution is 2.20. The summed E-state index contributed by atoms with van der Waals surface area (Å²) in [4.78, 5) is 17.9. The van der Waals surface area contributed by atoms with Crippen molar-refractivity contribution >= 4 is 10.9 Å². The molecule has 0 unspecified atom stereocenters. The summed E-state index contributed by atoms with van der Waals surface area (Å²) in [5.74, 6) is 0.754. The first-order valence-corrected chi connectivity index (χ1v) is 7.91. The third kappa shape index (κ3) is 2.78. The number of nitrogens with one attached hydrogen (secondary N) is 1. The predicted molar refractivity (Wildman–Crippen MR) is 94.2 cm³/mol. The predicted octanol–water partition coefficient (Wildman–Crippen LogP) is 3.36. The molecule has 0 amide bonds. The number of hydrogen-bond donors (Lipinski definition) is 1. The number of nitrogens with zero attached hydrogens (tertiary/aromatic N) is 2. The molecule has 0 bridgehead atoms. The standard InChI is InChI=1S/C19H21N3O/c1-4-16(20-3)18-21-17-11-6-5-10-15(17)19(23)22(18)14-9-7-8-13(2)12-14/h5-12,16,20H,4H2,1-3H3/t16-/m1/s1. The zero-order chi connectivity index (χ0) is 16.4. The molecule has 0 aliphatic heterocycles. The molecule has 3 aromatic rings. The average molecular weight is 307 g/mol. The second-order valence-electron chi connectivity index (χ2n) is 5.72. The summed E-state index contributed by atoms with van der Waals surface area (Å²) >= 11 is 0. The largest absolute Gasteiger partial charge is 0.310 e. The summed E-state index contributed by atoms with van der Waals surface area (Å²) in [6.07, 6.45) is 0.854. The summed E-state index contributed by atoms with van der Waals surface area (Å²) in [5.41, 5.74) is 2.69. The Kier molecular flexibility index (Phi) is 4.26. The highest BCUT2D eigenvalue weighted by Gasteiger charge is 2.18. The zero-order valence-electron chi connectivity index (χ0n) is 13.7. The molecule has 3 rings (SSSR count). The molecule has 2 aromatic carbocycles. The van der Waals surface area contributed by atoms with Crippen LogP contribution in [0, 0.1) is 6.92 Å². The van der Waals surface area contributed by atoms with Gasteiger partial charge in [-0.05, 0) is 50.2 Å². The summed E-state index contributed by atoms with van der Waals surface area (Å²) < 4.78 is 1.74. The van der Waals surface area contributed by atoms with Crippen molar-refractivity contribution in [3.8, 4) is 5.69 Å². The van der Waals surface area contributed by atoms with Crippen molar-refractivity contribution in [3.05, 3.63) is 70.3 Å². The van der Waals surface area contributed by atoms with Gasteiger partial charge in [-0.15, -0.1) is 0 Å². The van der Waals surface area contributed by atoms with E-state index in [2.05, 4.69) is 12.2 Å². The van der Waals surface area contributed by atoms with Gasteiger partial charge in [0, 0.05) is 0 Å². The average Bonchev–Trinajstić information content (AvgIpc) is 2.56. The molecule has 1 heterocycles. The first-order valence-electron chi connectivity index (χ1n) is 7.91. The van der Waals surface area contributed by atoms with Gasteiger partial charge >= 0.3 is 0 Å². The number of rotatable bonds is 4. The van der Waals surface area contributed by atoms with Crippen LogP contribution in [-0.4, -0.2) is 16.6 Å². The van der Waals surface area contributed by atoms with E-state index in [0.717, 1.165) is 29.0 Å². The maximum Gasteiger partial charge on any atom is 0.266 e. The van der Waals surface area contributed by atoms with Crippen molar-refractivity contribution in [1.29, 1.82) is 0 Å². The third-order valence-corrected chi connectivity index (χ3v) is 4.13. The van der Waals surface area contributed by atoms with Crippen molar-refractivity contribution in [2.75, 3.05) is 7.05 Å². The first kappa shape index (κ1) is 15.4. The van der Waals surface area contributed by atoms with E-state index < -0.39 is 0 Å². The topological polar surface area (TPSA) is 46.9 Å². The van der Waals surface area contributed by atoms with Gasteiger partial charge in [-0.25, -0.2) is 4.98 Å². The Morgan fingerprint density at radius 1 is 1.17 bits per heavy atom. The zero-order valence-corrected chi connectivity index (χ0v) is 13.7. The van der Waals surface area contributed by atoms with Gasteiger partial charge in [0.25, 0.3) is 5.56 Å². The van der Waals surface area contributed by atoms with Crippen LogP contribution in [0.25, 0.3) is 16.6 Å². The number of benzene rings is 2. The fourth-order valence-electron chi connectivity index (χ4n) is 2.92. The van der Waals surface area contributed by atoms with Gasteiger partial charge in [-0.1, -0.05) is 31.2 Å². The molecule has 1 atom stereocenters. The summed E-state index contributed by atoms with van der Waals surface area (Å²) in [5, 5.41) is 3.90. The Balaban J connectivity index is 2.39. The summed E-state index contributed by atoms with van der Waals surface area (Å²) in [7, 11) is 1.90. The van der Waals surface area contributed by atoms with Crippen LogP contribution in [0.3, 0.4) is 0 Å². The van der Waals surface area contributed by atoms with Crippen LogP contribution >= 0.6 is 0 Å². The minimum absolute atomic E-state index is 0.0211. The minimum atomic E-state index is -0.0232. The van der Waals surface area contributed by atoms with Gasteiger partial charge < -0.3 is 5.32 Å². The van der Waals surface area contributed by atoms with E-state index in [4.69, 9.17) is 4.98 Å². The summed E-state index contributed by atoms with van der Waals surface area (Å²) in [6.45, 7) is 4.11. The van der Waals surface area contributed by atoms with E-state index in [1.807, 2.05) is 62.5 Å². The lowest BCUT2D eigenvalue weighted by atomic mass is 10.1. The van der Waals surface area contributed by atoms with E-state index in [-0.39, 0.29) is 11.6 Å². The Hall–Kier alpha value is -2.46. The van der Waals surface area contributed by atoms with Crippen molar-refractivity contribution in [2.24, 2.45) is 0 Å². The number of aromatic nitrogens is 2. The fraction of sp³-hybridized carbons (Fsp3) is 0.263. The highest BCUT2D eigenvalue weighted by atomic mass is 16.1. The SMILES string of the molecule is CC[C@@H](NC)c1nc2ccccc2c(=O)n1-c1cccc(C)c1. The monoisotopic (exact) mass is 307 g/mol. The van der Waals surface area contributed by atoms with Gasteiger partial charge in [0.05, 0.1) is 22.6 Å². The first-order chi connectivity index (χ1) is 11.2. The lowest BCUT2D eigenvalue weighted by Crippen LogP contribution is -2.29. The van der Waals surface area contributed by atoms with Crippen LogP contribution in [-0.2, 0) is 0 Å². The van der Waals surface area contributed by atoms with Crippen LogP contribution in [0.5, 0.6) is 0 Å². The van der Waals surface area contributed by atoms with E-state index in [1.165, 1.54) is 0 Å². The van der Waals surface area contributed by atoms with Crippen LogP contribution < -0.4 is 10.9 Å². The lowest BCUT2D eigenvalue weighted by Gasteiger charge is -2.20. The molecule has 1 N–H and O–H groups in total. The molecular weight excluding hydrogens is 286 g/mol. The molecular formula is C19H21N3O. The Morgan fingerprint density at radius 2 is 1.96 bits per heavy atom. The maximum absolute atomic E-state index is 13.1. The van der Waals surface area contributed by atoms with Crippen LogP contribution in [0.4, 0.5) is 0 Å². The van der Waals surface area contributed by atoms with E-state index in [1.54, 1.807) is 4.57 Å². The van der Waals surface area contributed by atoms with Gasteiger partial charge in [0.1, 0.15) is 5.82 Å². The maximum atomic E-state index is 13.1. The van der Waals surface area contributed by atoms with Gasteiger partial charge in [0.2, 0.25) is 0 Å². The molecule has 0 fully saturated rings. The second kappa shape index (κ2) is 6.34. The van der Waals surface area contributed by atoms with E-state index in [0.29, 0.717) is 5.39 Å². The van der Waals surface area contributed by atoms with Crippen LogP contribution in [0.1, 0.15) is 30.8 Å². The van der Waals surface area contributed by atoms with Gasteiger partial charge in [-0.2, -0.15) is 0 Å². The number of fused-ring (bicyclic) bond motifs is 1. The highest BCUT2D eigenvalue weighted by molar-refractivity contribution is 5.77. The number of aryl methyl sites for hydroxylation is 1. The van der Waals surface area contributed by atoms with Crippen molar-refractivity contribution in [3.63, 3.8) is 0 Å². The Bertz CT molecular complexity index is 895. The molecule has 0 saturated heterocycles. The van der Waals surface area contributed by atoms with E-state index >= 15 is 0 Å². The molecule has 0 aliphatic rings. The van der Waals surface area contributed by atoms with Crippen molar-refractivity contribution < 1.29 is 0 Å². The fourth-order valence-corrected chi connectivity index (χ4v) is 2.92. The molecule has 1 aromatic heterocycles. The Morgan fingerprint density at radius 3 is 2.65 bits per heavy atom. The molecule has 4 heteroatoms. The van der Waals surface area contributed by atoms with Crippen LogP contribution in [0.15, 0.2) is 53.3 Å². The molecule has 0 radical (unpaired) electrons. The molecule has 4 nitrogen and oxygen atoms in total.